The maximum absolute atomic E-state index is 13.1. The van der Waals surface area contributed by atoms with Gasteiger partial charge in [-0.05, 0) is 66.8 Å². The molecule has 1 aliphatic heterocycles. The second-order valence-corrected chi connectivity index (χ2v) is 7.03. The molecule has 0 aromatic heterocycles. The Morgan fingerprint density at radius 3 is 1.62 bits per heavy atom. The Bertz CT molecular complexity index is 907. The molecule has 170 valence electrons. The zero-order valence-corrected chi connectivity index (χ0v) is 18.8. The average molecular weight is 440 g/mol. The monoisotopic (exact) mass is 440 g/mol. The van der Waals surface area contributed by atoms with Crippen molar-refractivity contribution >= 4 is 17.5 Å². The van der Waals surface area contributed by atoms with Crippen LogP contribution in [-0.2, 0) is 23.8 Å². The van der Waals surface area contributed by atoms with E-state index in [1.807, 2.05) is 48.5 Å². The first-order chi connectivity index (χ1) is 15.5. The van der Waals surface area contributed by atoms with Crippen molar-refractivity contribution in [3.05, 3.63) is 65.2 Å². The van der Waals surface area contributed by atoms with E-state index in [1.54, 1.807) is 28.1 Å². The van der Waals surface area contributed by atoms with E-state index in [9.17, 15) is 9.59 Å². The van der Waals surface area contributed by atoms with E-state index in [1.165, 1.54) is 0 Å². The molecule has 0 atom stereocenters. The normalized spacial score (nSPS) is 14.6. The summed E-state index contributed by atoms with van der Waals surface area (Å²) in [5.74, 6) is -0.161. The number of benzene rings is 2. The molecule has 32 heavy (non-hydrogen) atoms. The van der Waals surface area contributed by atoms with E-state index in [4.69, 9.17) is 23.7 Å². The highest BCUT2D eigenvalue weighted by atomic mass is 16.6. The number of hydrogen-bond donors (Lipinski definition) is 0. The highest BCUT2D eigenvalue weighted by molar-refractivity contribution is 6.10. The predicted octanol–water partition coefficient (Wildman–Crippen LogP) is 3.79. The fourth-order valence-corrected chi connectivity index (χ4v) is 3.81. The molecule has 0 saturated carbocycles. The molecule has 1 fully saturated rings. The molecule has 0 aliphatic carbocycles. The maximum atomic E-state index is 13.1. The van der Waals surface area contributed by atoms with Crippen LogP contribution in [0.4, 0.5) is 0 Å². The molecule has 2 aromatic carbocycles. The highest BCUT2D eigenvalue weighted by Crippen LogP contribution is 2.42. The minimum atomic E-state index is -1.96. The summed E-state index contributed by atoms with van der Waals surface area (Å²) in [6.45, 7) is 3.77. The van der Waals surface area contributed by atoms with Crippen molar-refractivity contribution < 1.29 is 33.3 Å². The predicted molar refractivity (Wildman–Crippen MR) is 119 cm³/mol. The number of hydrogen-bond acceptors (Lipinski definition) is 7. The first kappa shape index (κ1) is 23.3. The van der Waals surface area contributed by atoms with Crippen molar-refractivity contribution in [3.8, 4) is 11.5 Å². The van der Waals surface area contributed by atoms with Crippen LogP contribution >= 0.6 is 0 Å². The van der Waals surface area contributed by atoms with Gasteiger partial charge in [0.15, 0.2) is 0 Å². The van der Waals surface area contributed by atoms with Gasteiger partial charge in [-0.3, -0.25) is 0 Å². The average Bonchev–Trinajstić information content (AvgIpc) is 3.26. The van der Waals surface area contributed by atoms with Gasteiger partial charge in [0.1, 0.15) is 11.5 Å². The number of ether oxygens (including phenoxy) is 5. The van der Waals surface area contributed by atoms with Crippen molar-refractivity contribution in [2.24, 2.45) is 0 Å². The first-order valence-electron chi connectivity index (χ1n) is 10.5. The Balaban J connectivity index is 2.29. The molecule has 1 heterocycles. The fraction of sp³-hybridized carbons (Fsp3) is 0.360. The molecule has 0 radical (unpaired) electrons. The highest BCUT2D eigenvalue weighted by Gasteiger charge is 2.57. The Labute approximate surface area is 187 Å². The van der Waals surface area contributed by atoms with Crippen molar-refractivity contribution in [1.29, 1.82) is 0 Å². The standard InChI is InChI=1S/C25H28O7/c1-5-30-23(26)25(24(27)31-6-2)21(15-16-32-25)22(17-7-11-19(28-3)12-8-17)18-9-13-20(29-4)14-10-18/h7-14H,5-6,15-16H2,1-4H3. The lowest BCUT2D eigenvalue weighted by molar-refractivity contribution is -0.180. The summed E-state index contributed by atoms with van der Waals surface area (Å²) in [7, 11) is 3.18. The van der Waals surface area contributed by atoms with E-state index in [2.05, 4.69) is 0 Å². The van der Waals surface area contributed by atoms with Crippen LogP contribution in [0.15, 0.2) is 54.1 Å². The number of rotatable bonds is 8. The van der Waals surface area contributed by atoms with Gasteiger partial charge in [-0.1, -0.05) is 24.3 Å². The van der Waals surface area contributed by atoms with Crippen molar-refractivity contribution in [2.45, 2.75) is 25.9 Å². The lowest BCUT2D eigenvalue weighted by atomic mass is 9.83. The van der Waals surface area contributed by atoms with Crippen molar-refractivity contribution in [2.75, 3.05) is 34.0 Å². The molecule has 1 saturated heterocycles. The lowest BCUT2D eigenvalue weighted by Gasteiger charge is -2.27. The fourth-order valence-electron chi connectivity index (χ4n) is 3.81. The zero-order valence-electron chi connectivity index (χ0n) is 18.8. The molecular weight excluding hydrogens is 412 g/mol. The summed E-state index contributed by atoms with van der Waals surface area (Å²) in [6, 6.07) is 14.8. The van der Waals surface area contributed by atoms with E-state index in [-0.39, 0.29) is 19.8 Å². The topological polar surface area (TPSA) is 80.3 Å². The molecular formula is C25H28O7. The Kier molecular flexibility index (Phi) is 7.53. The minimum Gasteiger partial charge on any atom is -0.497 e. The van der Waals surface area contributed by atoms with Gasteiger partial charge in [-0.15, -0.1) is 0 Å². The van der Waals surface area contributed by atoms with E-state index >= 15 is 0 Å². The smallest absolute Gasteiger partial charge is 0.354 e. The molecule has 0 bridgehead atoms. The zero-order chi connectivity index (χ0) is 23.1. The van der Waals surface area contributed by atoms with Crippen LogP contribution < -0.4 is 9.47 Å². The van der Waals surface area contributed by atoms with Gasteiger partial charge in [-0.25, -0.2) is 9.59 Å². The van der Waals surface area contributed by atoms with Crippen LogP contribution in [0.5, 0.6) is 11.5 Å². The second kappa shape index (κ2) is 10.3. The van der Waals surface area contributed by atoms with Crippen LogP contribution in [0.3, 0.4) is 0 Å². The molecule has 2 aromatic rings. The van der Waals surface area contributed by atoms with Gasteiger partial charge in [0.2, 0.25) is 0 Å². The Morgan fingerprint density at radius 2 is 1.25 bits per heavy atom. The molecule has 0 N–H and O–H groups in total. The third-order valence-corrected chi connectivity index (χ3v) is 5.28. The number of esters is 2. The van der Waals surface area contributed by atoms with Gasteiger partial charge in [0.05, 0.1) is 34.0 Å². The van der Waals surface area contributed by atoms with Crippen LogP contribution in [0.25, 0.3) is 5.57 Å². The van der Waals surface area contributed by atoms with E-state index < -0.39 is 17.5 Å². The molecule has 3 rings (SSSR count). The van der Waals surface area contributed by atoms with Crippen LogP contribution in [-0.4, -0.2) is 51.6 Å². The van der Waals surface area contributed by atoms with Crippen molar-refractivity contribution in [3.63, 3.8) is 0 Å². The number of carbonyl (C=O) groups excluding carboxylic acids is 2. The molecule has 0 unspecified atom stereocenters. The Hall–Kier alpha value is -3.32. The lowest BCUT2D eigenvalue weighted by Crippen LogP contribution is -2.50. The summed E-state index contributed by atoms with van der Waals surface area (Å²) in [4.78, 5) is 26.3. The van der Waals surface area contributed by atoms with Gasteiger partial charge in [-0.2, -0.15) is 0 Å². The number of methoxy groups -OCH3 is 2. The summed E-state index contributed by atoms with van der Waals surface area (Å²) in [5.41, 5.74) is 0.851. The molecule has 7 nitrogen and oxygen atoms in total. The quantitative estimate of drug-likeness (QED) is 0.456. The van der Waals surface area contributed by atoms with Crippen LogP contribution in [0.2, 0.25) is 0 Å². The van der Waals surface area contributed by atoms with E-state index in [0.29, 0.717) is 29.1 Å². The molecule has 0 spiro atoms. The SMILES string of the molecule is CCOC(=O)C1(C(=O)OCC)OCCC1=C(c1ccc(OC)cc1)c1ccc(OC)cc1. The van der Waals surface area contributed by atoms with Crippen LogP contribution in [0.1, 0.15) is 31.4 Å². The van der Waals surface area contributed by atoms with Gasteiger partial charge in [0.25, 0.3) is 5.60 Å². The van der Waals surface area contributed by atoms with Gasteiger partial charge < -0.3 is 23.7 Å². The third-order valence-electron chi connectivity index (χ3n) is 5.28. The molecule has 0 amide bonds. The molecule has 7 heteroatoms. The van der Waals surface area contributed by atoms with Gasteiger partial charge >= 0.3 is 11.9 Å². The maximum Gasteiger partial charge on any atom is 0.354 e. The second-order valence-electron chi connectivity index (χ2n) is 7.03. The summed E-state index contributed by atoms with van der Waals surface area (Å²) in [6.07, 6.45) is 0.366. The molecule has 1 aliphatic rings. The van der Waals surface area contributed by atoms with Crippen molar-refractivity contribution in [1.82, 2.24) is 0 Å². The van der Waals surface area contributed by atoms with E-state index in [0.717, 1.165) is 11.1 Å². The minimum absolute atomic E-state index is 0.108. The third kappa shape index (κ3) is 4.34. The first-order valence-corrected chi connectivity index (χ1v) is 10.5. The summed E-state index contributed by atoms with van der Waals surface area (Å²) < 4.78 is 27.0. The summed E-state index contributed by atoms with van der Waals surface area (Å²) in [5, 5.41) is 0. The van der Waals surface area contributed by atoms with Gasteiger partial charge in [0, 0.05) is 0 Å². The van der Waals surface area contributed by atoms with Crippen LogP contribution in [0, 0.1) is 0 Å². The number of carbonyl (C=O) groups is 2. The summed E-state index contributed by atoms with van der Waals surface area (Å²) >= 11 is 0. The largest absolute Gasteiger partial charge is 0.497 e. The Morgan fingerprint density at radius 1 is 0.812 bits per heavy atom.